The first-order chi connectivity index (χ1) is 47.2. The molecule has 6 aromatic carbocycles. The molecule has 3 saturated heterocycles. The molecule has 25 heteroatoms. The third-order valence-corrected chi connectivity index (χ3v) is 19.9. The van der Waals surface area contributed by atoms with Gasteiger partial charge < -0.3 is 49.1 Å². The van der Waals surface area contributed by atoms with E-state index in [4.69, 9.17) is 14.2 Å². The van der Waals surface area contributed by atoms with E-state index in [2.05, 4.69) is 26.5 Å². The van der Waals surface area contributed by atoms with Gasteiger partial charge in [-0.1, -0.05) is 91.3 Å². The zero-order chi connectivity index (χ0) is 70.8. The van der Waals surface area contributed by atoms with Gasteiger partial charge in [0.1, 0.15) is 30.9 Å². The van der Waals surface area contributed by atoms with Crippen molar-refractivity contribution in [2.75, 3.05) is 109 Å². The number of unbranched alkanes of at least 4 members (excludes halogenated alkanes) is 2. The standard InChI is InChI=1S/C74H83F7N8O10/c1-49(67(92)60-45-57(82-2)26-27-63(60)89(70(95)96)33-14-6-9-21-65(90)84(3)39-40-86-34-28-58(29-35-86)99-69(94)83-62-20-13-11-18-59(62)50-15-7-5-8-16-50)85(4)66(91)46-97-64-43-51-17-10-12-19-61(51)71(64)30-36-87(37-31-71)38-32-72(53-22-24-56(75)25-23-53)47-88(48-98-72)68(93)52-41-54(73(76,77)78)44-55(42-52)74(79,80)81/h5,7-8,10-13,15-20,22-27,41-42,44-45,49,58,64,82H,6,9,14,21,28-40,43,46-48H2,1-4H3,(H,83,94)(H,95,96)/t49-,64-,72+/m0/s1. The number of alkyl halides is 6. The van der Waals surface area contributed by atoms with Crippen molar-refractivity contribution in [3.8, 4) is 11.1 Å². The molecule has 10 rings (SSSR count). The van der Waals surface area contributed by atoms with Gasteiger partial charge in [0.05, 0.1) is 41.2 Å². The molecule has 3 N–H and O–H groups in total. The minimum atomic E-state index is -5.17. The van der Waals surface area contributed by atoms with E-state index in [0.717, 1.165) is 32.1 Å². The molecule has 0 saturated carbocycles. The van der Waals surface area contributed by atoms with E-state index in [0.29, 0.717) is 126 Å². The molecule has 4 aliphatic rings. The number of carbonyl (C=O) groups excluding carboxylic acids is 5. The number of hydrogen-bond donors (Lipinski definition) is 3. The molecule has 3 fully saturated rings. The number of nitrogens with zero attached hydrogens (tertiary/aromatic N) is 6. The Labute approximate surface area is 570 Å². The molecular formula is C74H83F7N8O10. The van der Waals surface area contributed by atoms with E-state index >= 15 is 0 Å². The lowest BCUT2D eigenvalue weighted by molar-refractivity contribution is -0.143. The third-order valence-electron chi connectivity index (χ3n) is 19.9. The normalized spacial score (nSPS) is 18.3. The number of fused-ring (bicyclic) bond motifs is 2. The Kier molecular flexibility index (Phi) is 23.2. The van der Waals surface area contributed by atoms with E-state index in [9.17, 15) is 64.6 Å². The molecule has 3 atom stereocenters. The minimum absolute atomic E-state index is 0.0300. The lowest BCUT2D eigenvalue weighted by atomic mass is 9.72. The van der Waals surface area contributed by atoms with Crippen molar-refractivity contribution in [3.63, 3.8) is 0 Å². The molecule has 6 aromatic rings. The topological polar surface area (TPSA) is 194 Å². The fraction of sp³-hybridized carbons (Fsp3) is 0.432. The average Bonchev–Trinajstić information content (AvgIpc) is 1.61. The highest BCUT2D eigenvalue weighted by atomic mass is 19.4. The van der Waals surface area contributed by atoms with Crippen LogP contribution in [-0.4, -0.2) is 177 Å². The maximum absolute atomic E-state index is 14.6. The van der Waals surface area contributed by atoms with E-state index in [1.165, 1.54) is 36.2 Å². The Hall–Kier alpha value is -8.91. The molecule has 3 aliphatic heterocycles. The second-order valence-corrected chi connectivity index (χ2v) is 26.1. The Bertz CT molecular complexity index is 3810. The van der Waals surface area contributed by atoms with Crippen LogP contribution in [0.3, 0.4) is 0 Å². The summed E-state index contributed by atoms with van der Waals surface area (Å²) in [5, 5.41) is 16.5. The van der Waals surface area contributed by atoms with Crippen molar-refractivity contribution >= 4 is 52.8 Å². The first-order valence-electron chi connectivity index (χ1n) is 33.4. The van der Waals surface area contributed by atoms with Crippen molar-refractivity contribution in [1.82, 2.24) is 24.5 Å². The van der Waals surface area contributed by atoms with Gasteiger partial charge in [-0.15, -0.1) is 0 Å². The summed E-state index contributed by atoms with van der Waals surface area (Å²) in [4.78, 5) is 91.4. The van der Waals surface area contributed by atoms with Crippen molar-refractivity contribution < 1.29 is 78.8 Å². The number of para-hydroxylation sites is 1. The number of anilines is 3. The zero-order valence-electron chi connectivity index (χ0n) is 55.8. The molecule has 1 spiro atoms. The number of likely N-dealkylation sites (tertiary alicyclic amines) is 2. The van der Waals surface area contributed by atoms with Crippen LogP contribution in [0.1, 0.15) is 113 Å². The Balaban J connectivity index is 0.693. The molecule has 99 heavy (non-hydrogen) atoms. The molecule has 528 valence electrons. The summed E-state index contributed by atoms with van der Waals surface area (Å²) in [7, 11) is 4.92. The maximum atomic E-state index is 14.6. The van der Waals surface area contributed by atoms with Crippen LogP contribution in [0.4, 0.5) is 57.4 Å². The summed E-state index contributed by atoms with van der Waals surface area (Å²) in [6.07, 6.45) is -7.96. The predicted molar refractivity (Wildman–Crippen MR) is 359 cm³/mol. The Morgan fingerprint density at radius 2 is 1.39 bits per heavy atom. The second-order valence-electron chi connectivity index (χ2n) is 26.1. The monoisotopic (exact) mass is 1380 g/mol. The van der Waals surface area contributed by atoms with Gasteiger partial charge in [0, 0.05) is 94.6 Å². The number of likely N-dealkylation sites (N-methyl/N-ethyl adjacent to an activating group) is 2. The van der Waals surface area contributed by atoms with E-state index in [1.54, 1.807) is 44.1 Å². The Morgan fingerprint density at radius 3 is 2.07 bits per heavy atom. The molecule has 18 nitrogen and oxygen atoms in total. The molecule has 0 aromatic heterocycles. The second kappa shape index (κ2) is 31.5. The van der Waals surface area contributed by atoms with Gasteiger partial charge in [-0.25, -0.2) is 14.0 Å². The van der Waals surface area contributed by atoms with Crippen LogP contribution in [0.25, 0.3) is 11.1 Å². The minimum Gasteiger partial charge on any atom is -0.465 e. The molecule has 0 radical (unpaired) electrons. The van der Waals surface area contributed by atoms with Gasteiger partial charge in [-0.3, -0.25) is 29.4 Å². The SMILES string of the molecule is CNc1ccc(N(CCCCCC(=O)N(C)CCN2CCC(OC(=O)Nc3ccccc3-c3ccccc3)CC2)C(=O)O)c(C(=O)[C@H](C)N(C)C(=O)CO[C@H]2Cc3ccccc3C23CCN(CC[C@]2(c4ccc(F)cc4)CN(C(=O)c4cc(C(F)(F)F)cc(C(F)(F)F)c4)CO2)CC3)c1. The van der Waals surface area contributed by atoms with Gasteiger partial charge in [0.2, 0.25) is 11.8 Å². The number of carboxylic acid groups (broad SMARTS) is 1. The highest BCUT2D eigenvalue weighted by Crippen LogP contribution is 2.49. The van der Waals surface area contributed by atoms with Crippen LogP contribution in [-0.2, 0) is 53.6 Å². The summed E-state index contributed by atoms with van der Waals surface area (Å²) in [5.74, 6) is -2.69. The molecular weight excluding hydrogens is 1290 g/mol. The third kappa shape index (κ3) is 17.4. The number of benzene rings is 6. The van der Waals surface area contributed by atoms with E-state index in [-0.39, 0.29) is 61.9 Å². The van der Waals surface area contributed by atoms with Crippen LogP contribution in [0.5, 0.6) is 0 Å². The van der Waals surface area contributed by atoms with Crippen LogP contribution in [0, 0.1) is 5.82 Å². The summed E-state index contributed by atoms with van der Waals surface area (Å²) >= 11 is 0. The molecule has 0 bridgehead atoms. The van der Waals surface area contributed by atoms with Gasteiger partial charge in [0.15, 0.2) is 5.78 Å². The number of carbonyl (C=O) groups is 6. The van der Waals surface area contributed by atoms with Crippen LogP contribution in [0.15, 0.2) is 140 Å². The number of ether oxygens (including phenoxy) is 3. The van der Waals surface area contributed by atoms with Crippen molar-refractivity contribution in [2.45, 2.75) is 113 Å². The zero-order valence-corrected chi connectivity index (χ0v) is 55.8. The van der Waals surface area contributed by atoms with Gasteiger partial charge in [-0.2, -0.15) is 26.3 Å². The Morgan fingerprint density at radius 1 is 0.737 bits per heavy atom. The largest absolute Gasteiger partial charge is 0.465 e. The number of nitrogens with one attached hydrogen (secondary N) is 2. The summed E-state index contributed by atoms with van der Waals surface area (Å²) in [5.41, 5.74) is -0.0336. The fourth-order valence-corrected chi connectivity index (χ4v) is 14.0. The average molecular weight is 1380 g/mol. The number of piperidine rings is 2. The number of hydrogen-bond acceptors (Lipinski definition) is 12. The molecule has 0 unspecified atom stereocenters. The number of rotatable bonds is 25. The van der Waals surface area contributed by atoms with Crippen molar-refractivity contribution in [1.29, 1.82) is 0 Å². The highest BCUT2D eigenvalue weighted by molar-refractivity contribution is 6.08. The fourth-order valence-electron chi connectivity index (χ4n) is 14.0. The van der Waals surface area contributed by atoms with E-state index in [1.807, 2.05) is 72.8 Å². The summed E-state index contributed by atoms with van der Waals surface area (Å²) in [6, 6.07) is 35.1. The maximum Gasteiger partial charge on any atom is 0.416 e. The number of ketones is 1. The van der Waals surface area contributed by atoms with Crippen LogP contribution >= 0.6 is 0 Å². The summed E-state index contributed by atoms with van der Waals surface area (Å²) < 4.78 is 116. The smallest absolute Gasteiger partial charge is 0.416 e. The number of Topliss-reactive ketones (excluding diaryl/α,β-unsaturated/α-hetero) is 1. The molecule has 1 aliphatic carbocycles. The quantitative estimate of drug-likeness (QED) is 0.0279. The predicted octanol–water partition coefficient (Wildman–Crippen LogP) is 13.2. The first kappa shape index (κ1) is 72.8. The molecule has 3 heterocycles. The van der Waals surface area contributed by atoms with E-state index < -0.39 is 94.5 Å². The lowest BCUT2D eigenvalue weighted by Crippen LogP contribution is -2.50. The molecule has 5 amide bonds. The van der Waals surface area contributed by atoms with Crippen molar-refractivity contribution in [2.24, 2.45) is 0 Å². The van der Waals surface area contributed by atoms with Crippen LogP contribution < -0.4 is 15.5 Å². The summed E-state index contributed by atoms with van der Waals surface area (Å²) in [6.45, 7) is 4.49. The van der Waals surface area contributed by atoms with Crippen LogP contribution in [0.2, 0.25) is 0 Å². The van der Waals surface area contributed by atoms with Gasteiger partial charge in [-0.05, 0) is 148 Å². The van der Waals surface area contributed by atoms with Gasteiger partial charge >= 0.3 is 24.5 Å². The highest BCUT2D eigenvalue weighted by Gasteiger charge is 2.51. The van der Waals surface area contributed by atoms with Crippen molar-refractivity contribution in [3.05, 3.63) is 184 Å². The number of amides is 5. The first-order valence-corrected chi connectivity index (χ1v) is 33.4. The lowest BCUT2D eigenvalue weighted by Gasteiger charge is -2.44. The van der Waals surface area contributed by atoms with Gasteiger partial charge in [0.25, 0.3) is 5.91 Å². The number of halogens is 7.